The average Bonchev–Trinajstić information content (AvgIpc) is 2.99. The SMILES string of the molecule is CCCCCCCCCCCCC(NN)C1CCSC1. The highest BCUT2D eigenvalue weighted by Gasteiger charge is 2.23. The van der Waals surface area contributed by atoms with Gasteiger partial charge in [0.05, 0.1) is 0 Å². The van der Waals surface area contributed by atoms with Crippen LogP contribution in [-0.2, 0) is 0 Å². The normalized spacial score (nSPS) is 20.4. The van der Waals surface area contributed by atoms with Crippen LogP contribution in [0.1, 0.15) is 84.0 Å². The van der Waals surface area contributed by atoms with Gasteiger partial charge in [-0.15, -0.1) is 0 Å². The summed E-state index contributed by atoms with van der Waals surface area (Å²) in [5, 5.41) is 0. The van der Waals surface area contributed by atoms with Crippen molar-refractivity contribution in [3.63, 3.8) is 0 Å². The number of nitrogens with two attached hydrogens (primary N) is 1. The molecular weight excluding hydrogens is 264 g/mol. The maximum atomic E-state index is 5.71. The molecule has 0 aliphatic carbocycles. The van der Waals surface area contributed by atoms with Crippen LogP contribution >= 0.6 is 11.8 Å². The first kappa shape index (κ1) is 18.3. The lowest BCUT2D eigenvalue weighted by atomic mass is 9.94. The molecule has 0 aromatic rings. The molecule has 0 bridgehead atoms. The molecule has 0 saturated carbocycles. The Kier molecular flexibility index (Phi) is 11.9. The number of hydrogen-bond acceptors (Lipinski definition) is 3. The highest BCUT2D eigenvalue weighted by atomic mass is 32.2. The Hall–Kier alpha value is 0.270. The fraction of sp³-hybridized carbons (Fsp3) is 1.00. The zero-order valence-corrected chi connectivity index (χ0v) is 14.4. The van der Waals surface area contributed by atoms with Crippen molar-refractivity contribution in [1.82, 2.24) is 5.43 Å². The van der Waals surface area contributed by atoms with Crippen LogP contribution in [0.25, 0.3) is 0 Å². The molecule has 1 aliphatic heterocycles. The molecule has 1 fully saturated rings. The Balaban J connectivity index is 1.85. The van der Waals surface area contributed by atoms with Crippen molar-refractivity contribution in [2.75, 3.05) is 11.5 Å². The van der Waals surface area contributed by atoms with Crippen molar-refractivity contribution in [2.24, 2.45) is 11.8 Å². The predicted molar refractivity (Wildman–Crippen MR) is 93.0 cm³/mol. The fourth-order valence-corrected chi connectivity index (χ4v) is 4.51. The molecule has 3 heteroatoms. The summed E-state index contributed by atoms with van der Waals surface area (Å²) < 4.78 is 0. The van der Waals surface area contributed by atoms with E-state index >= 15 is 0 Å². The Bertz CT molecular complexity index is 205. The molecule has 0 spiro atoms. The van der Waals surface area contributed by atoms with Crippen molar-refractivity contribution in [3.05, 3.63) is 0 Å². The largest absolute Gasteiger partial charge is 0.271 e. The van der Waals surface area contributed by atoms with Gasteiger partial charge >= 0.3 is 0 Å². The topological polar surface area (TPSA) is 38.0 Å². The lowest BCUT2D eigenvalue weighted by Crippen LogP contribution is -2.40. The fourth-order valence-electron chi connectivity index (χ4n) is 3.18. The van der Waals surface area contributed by atoms with Crippen LogP contribution in [0, 0.1) is 5.92 Å². The van der Waals surface area contributed by atoms with Crippen molar-refractivity contribution in [3.8, 4) is 0 Å². The second-order valence-corrected chi connectivity index (χ2v) is 7.52. The third-order valence-electron chi connectivity index (χ3n) is 4.62. The monoisotopic (exact) mass is 300 g/mol. The van der Waals surface area contributed by atoms with Crippen LogP contribution < -0.4 is 11.3 Å². The van der Waals surface area contributed by atoms with Gasteiger partial charge in [0.25, 0.3) is 0 Å². The Morgan fingerprint density at radius 1 is 1.00 bits per heavy atom. The van der Waals surface area contributed by atoms with E-state index in [4.69, 9.17) is 5.84 Å². The molecule has 3 N–H and O–H groups in total. The predicted octanol–water partition coefficient (Wildman–Crippen LogP) is 4.88. The molecule has 2 atom stereocenters. The lowest BCUT2D eigenvalue weighted by molar-refractivity contribution is 0.354. The Morgan fingerprint density at radius 3 is 2.10 bits per heavy atom. The molecule has 120 valence electrons. The molecule has 20 heavy (non-hydrogen) atoms. The number of hydrogen-bond donors (Lipinski definition) is 2. The van der Waals surface area contributed by atoms with Crippen LogP contribution in [0.3, 0.4) is 0 Å². The molecule has 0 aromatic heterocycles. The van der Waals surface area contributed by atoms with E-state index < -0.39 is 0 Å². The number of unbranched alkanes of at least 4 members (excludes halogenated alkanes) is 9. The molecule has 1 aliphatic rings. The third kappa shape index (κ3) is 8.53. The minimum atomic E-state index is 0.569. The first-order chi connectivity index (χ1) is 9.88. The van der Waals surface area contributed by atoms with Gasteiger partial charge in [0.15, 0.2) is 0 Å². The smallest absolute Gasteiger partial charge is 0.0246 e. The minimum absolute atomic E-state index is 0.569. The van der Waals surface area contributed by atoms with Gasteiger partial charge in [-0.05, 0) is 30.3 Å². The molecule has 1 rings (SSSR count). The molecule has 0 aromatic carbocycles. The van der Waals surface area contributed by atoms with E-state index in [1.54, 1.807) is 0 Å². The summed E-state index contributed by atoms with van der Waals surface area (Å²) >= 11 is 2.09. The van der Waals surface area contributed by atoms with E-state index in [-0.39, 0.29) is 0 Å². The molecular formula is C17H36N2S. The van der Waals surface area contributed by atoms with Crippen LogP contribution in [0.4, 0.5) is 0 Å². The number of nitrogens with one attached hydrogen (secondary N) is 1. The Labute approximate surface area is 131 Å². The van der Waals surface area contributed by atoms with Gasteiger partial charge in [-0.2, -0.15) is 11.8 Å². The van der Waals surface area contributed by atoms with E-state index in [0.29, 0.717) is 6.04 Å². The van der Waals surface area contributed by atoms with Crippen molar-refractivity contribution >= 4 is 11.8 Å². The maximum Gasteiger partial charge on any atom is 0.0246 e. The van der Waals surface area contributed by atoms with Gasteiger partial charge in [0.2, 0.25) is 0 Å². The Morgan fingerprint density at radius 2 is 1.60 bits per heavy atom. The number of hydrazine groups is 1. The van der Waals surface area contributed by atoms with Gasteiger partial charge in [-0.25, -0.2) is 0 Å². The molecule has 1 heterocycles. The highest BCUT2D eigenvalue weighted by Crippen LogP contribution is 2.28. The van der Waals surface area contributed by atoms with E-state index in [0.717, 1.165) is 5.92 Å². The molecule has 2 nitrogen and oxygen atoms in total. The summed E-state index contributed by atoms with van der Waals surface area (Å²) in [6.45, 7) is 2.29. The van der Waals surface area contributed by atoms with E-state index in [1.165, 1.54) is 88.6 Å². The quantitative estimate of drug-likeness (QED) is 0.289. The minimum Gasteiger partial charge on any atom is -0.271 e. The molecule has 0 amide bonds. The molecule has 1 saturated heterocycles. The van der Waals surface area contributed by atoms with Gasteiger partial charge in [-0.1, -0.05) is 71.1 Å². The van der Waals surface area contributed by atoms with Crippen LogP contribution in [0.2, 0.25) is 0 Å². The lowest BCUT2D eigenvalue weighted by Gasteiger charge is -2.21. The van der Waals surface area contributed by atoms with Crippen LogP contribution in [0.15, 0.2) is 0 Å². The van der Waals surface area contributed by atoms with Crippen LogP contribution in [0.5, 0.6) is 0 Å². The van der Waals surface area contributed by atoms with Gasteiger partial charge in [0, 0.05) is 6.04 Å². The van der Waals surface area contributed by atoms with E-state index in [1.807, 2.05) is 0 Å². The first-order valence-corrected chi connectivity index (χ1v) is 10.1. The van der Waals surface area contributed by atoms with Crippen molar-refractivity contribution in [2.45, 2.75) is 90.0 Å². The summed E-state index contributed by atoms with van der Waals surface area (Å²) in [5.74, 6) is 9.18. The van der Waals surface area contributed by atoms with E-state index in [2.05, 4.69) is 24.1 Å². The second-order valence-electron chi connectivity index (χ2n) is 6.37. The zero-order chi connectivity index (χ0) is 14.5. The van der Waals surface area contributed by atoms with E-state index in [9.17, 15) is 0 Å². The van der Waals surface area contributed by atoms with Gasteiger partial charge < -0.3 is 0 Å². The molecule has 2 unspecified atom stereocenters. The summed E-state index contributed by atoms with van der Waals surface area (Å²) in [6.07, 6.45) is 16.8. The molecule has 0 radical (unpaired) electrons. The van der Waals surface area contributed by atoms with Crippen molar-refractivity contribution in [1.29, 1.82) is 0 Å². The number of thioether (sulfide) groups is 1. The van der Waals surface area contributed by atoms with Crippen molar-refractivity contribution < 1.29 is 0 Å². The average molecular weight is 301 g/mol. The first-order valence-electron chi connectivity index (χ1n) is 8.92. The maximum absolute atomic E-state index is 5.71. The van der Waals surface area contributed by atoms with Gasteiger partial charge in [-0.3, -0.25) is 11.3 Å². The van der Waals surface area contributed by atoms with Crippen LogP contribution in [-0.4, -0.2) is 17.5 Å². The summed E-state index contributed by atoms with van der Waals surface area (Å²) in [5.41, 5.74) is 3.06. The summed E-state index contributed by atoms with van der Waals surface area (Å²) in [7, 11) is 0. The number of rotatable bonds is 13. The highest BCUT2D eigenvalue weighted by molar-refractivity contribution is 7.99. The third-order valence-corrected chi connectivity index (χ3v) is 5.80. The standard InChI is InChI=1S/C17H36N2S/c1-2-3-4-5-6-7-8-9-10-11-12-17(19-18)16-13-14-20-15-16/h16-17,19H,2-15,18H2,1H3. The van der Waals surface area contributed by atoms with Gasteiger partial charge in [0.1, 0.15) is 0 Å². The summed E-state index contributed by atoms with van der Waals surface area (Å²) in [4.78, 5) is 0. The second kappa shape index (κ2) is 13.0. The summed E-state index contributed by atoms with van der Waals surface area (Å²) in [6, 6.07) is 0.569. The zero-order valence-electron chi connectivity index (χ0n) is 13.5.